The average molecular weight is 490 g/mol. The normalized spacial score (nSPS) is 13.6. The lowest BCUT2D eigenvalue weighted by atomic mass is 9.93. The molecule has 1 aromatic heterocycles. The predicted molar refractivity (Wildman–Crippen MR) is 124 cm³/mol. The number of nitrogens with one attached hydrogen (secondary N) is 2. The molecule has 0 aliphatic heterocycles. The van der Waals surface area contributed by atoms with Crippen LogP contribution in [0.4, 0.5) is 0 Å². The van der Waals surface area contributed by atoms with Gasteiger partial charge in [-0.2, -0.15) is 0 Å². The van der Waals surface area contributed by atoms with Gasteiger partial charge in [-0.15, -0.1) is 35.3 Å². The van der Waals surface area contributed by atoms with Crippen LogP contribution in [0.25, 0.3) is 10.1 Å². The molecule has 0 radical (unpaired) electrons. The highest BCUT2D eigenvalue weighted by Crippen LogP contribution is 2.29. The van der Waals surface area contributed by atoms with E-state index in [-0.39, 0.29) is 29.4 Å². The number of guanidine groups is 1. The smallest absolute Gasteiger partial charge is 0.191 e. The molecule has 0 amide bonds. The third-order valence-corrected chi connectivity index (χ3v) is 5.16. The summed E-state index contributed by atoms with van der Waals surface area (Å²) in [4.78, 5) is 7.40. The Kier molecular flexibility index (Phi) is 9.29. The number of nitrogens with zero attached hydrogens (tertiary/aromatic N) is 2. The minimum atomic E-state index is -0.550. The first-order valence-corrected chi connectivity index (χ1v) is 9.38. The van der Waals surface area contributed by atoms with Gasteiger partial charge in [-0.1, -0.05) is 32.0 Å². The van der Waals surface area contributed by atoms with E-state index in [1.54, 1.807) is 18.4 Å². The summed E-state index contributed by atoms with van der Waals surface area (Å²) in [5.74, 6) is 0.715. The maximum absolute atomic E-state index is 10.5. The van der Waals surface area contributed by atoms with Crippen LogP contribution in [0, 0.1) is 5.41 Å². The molecule has 1 unspecified atom stereocenters. The molecule has 1 heterocycles. The Labute approximate surface area is 177 Å². The highest BCUT2D eigenvalue weighted by atomic mass is 127. The molecule has 0 fully saturated rings. The molecule has 2 aromatic rings. The van der Waals surface area contributed by atoms with Crippen LogP contribution >= 0.6 is 35.3 Å². The molecule has 0 saturated heterocycles. The van der Waals surface area contributed by atoms with Crippen molar-refractivity contribution in [3.05, 3.63) is 35.2 Å². The van der Waals surface area contributed by atoms with E-state index in [4.69, 9.17) is 0 Å². The maximum atomic E-state index is 10.5. The Morgan fingerprint density at radius 3 is 2.58 bits per heavy atom. The van der Waals surface area contributed by atoms with Gasteiger partial charge in [0.15, 0.2) is 5.96 Å². The number of halogens is 1. The number of rotatable bonds is 7. The van der Waals surface area contributed by atoms with Crippen LogP contribution in [0.5, 0.6) is 0 Å². The van der Waals surface area contributed by atoms with Gasteiger partial charge in [0.05, 0.1) is 0 Å². The lowest BCUT2D eigenvalue weighted by molar-refractivity contribution is 0.184. The van der Waals surface area contributed by atoms with Crippen molar-refractivity contribution in [2.45, 2.75) is 20.0 Å². The van der Waals surface area contributed by atoms with E-state index in [1.807, 2.05) is 12.1 Å². The minimum Gasteiger partial charge on any atom is -0.386 e. The highest BCUT2D eigenvalue weighted by Gasteiger charge is 2.19. The molecule has 0 saturated carbocycles. The van der Waals surface area contributed by atoms with Crippen molar-refractivity contribution in [1.82, 2.24) is 15.5 Å². The third-order valence-electron chi connectivity index (χ3n) is 3.94. The fourth-order valence-corrected chi connectivity index (χ4v) is 3.97. The Balaban J connectivity index is 0.00000338. The number of fused-ring (bicyclic) bond motifs is 1. The van der Waals surface area contributed by atoms with Gasteiger partial charge in [-0.3, -0.25) is 4.99 Å². The second-order valence-electron chi connectivity index (χ2n) is 7.41. The summed E-state index contributed by atoms with van der Waals surface area (Å²) in [6, 6.07) is 10.3. The molecule has 0 spiro atoms. The van der Waals surface area contributed by atoms with E-state index in [2.05, 4.69) is 66.7 Å². The molecule has 1 aromatic carbocycles. The summed E-state index contributed by atoms with van der Waals surface area (Å²) < 4.78 is 1.20. The first kappa shape index (κ1) is 23.1. The highest BCUT2D eigenvalue weighted by molar-refractivity contribution is 14.0. The average Bonchev–Trinajstić information content (AvgIpc) is 2.97. The van der Waals surface area contributed by atoms with Crippen molar-refractivity contribution in [2.75, 3.05) is 40.8 Å². The van der Waals surface area contributed by atoms with Gasteiger partial charge < -0.3 is 20.6 Å². The number of aliphatic imine (C=N–C) groups is 1. The van der Waals surface area contributed by atoms with Gasteiger partial charge in [0.1, 0.15) is 6.10 Å². The SMILES string of the molecule is CN=C(NCC(O)c1cc2ccccc2s1)NCC(C)(C)CN(C)C.I. The Morgan fingerprint density at radius 2 is 1.96 bits per heavy atom. The molecule has 1 atom stereocenters. The zero-order valence-electron chi connectivity index (χ0n) is 16.2. The standard InChI is InChI=1S/C19H30N4OS.HI/c1-19(2,13-23(4)5)12-22-18(20-3)21-11-15(24)17-10-14-8-6-7-9-16(14)25-17;/h6-10,15,24H,11-13H2,1-5H3,(H2,20,21,22);1H. The Bertz CT molecular complexity index is 681. The van der Waals surface area contributed by atoms with Gasteiger partial charge in [0, 0.05) is 36.3 Å². The monoisotopic (exact) mass is 490 g/mol. The lowest BCUT2D eigenvalue weighted by Crippen LogP contribution is -2.45. The summed E-state index contributed by atoms with van der Waals surface area (Å²) in [5.41, 5.74) is 0.130. The third kappa shape index (κ3) is 7.02. The zero-order valence-corrected chi connectivity index (χ0v) is 19.4. The molecule has 0 bridgehead atoms. The van der Waals surface area contributed by atoms with Crippen LogP contribution in [0.1, 0.15) is 24.8 Å². The molecule has 26 heavy (non-hydrogen) atoms. The topological polar surface area (TPSA) is 59.9 Å². The molecule has 146 valence electrons. The Morgan fingerprint density at radius 1 is 1.27 bits per heavy atom. The zero-order chi connectivity index (χ0) is 18.4. The summed E-state index contributed by atoms with van der Waals surface area (Å²) in [5, 5.41) is 18.2. The van der Waals surface area contributed by atoms with Gasteiger partial charge in [-0.25, -0.2) is 0 Å². The second-order valence-corrected chi connectivity index (χ2v) is 8.53. The van der Waals surface area contributed by atoms with E-state index in [0.29, 0.717) is 12.5 Å². The van der Waals surface area contributed by atoms with Crippen LogP contribution in [-0.4, -0.2) is 56.7 Å². The molecular weight excluding hydrogens is 459 g/mol. The van der Waals surface area contributed by atoms with Crippen LogP contribution < -0.4 is 10.6 Å². The maximum Gasteiger partial charge on any atom is 0.191 e. The number of aliphatic hydroxyl groups is 1. The number of aliphatic hydroxyl groups excluding tert-OH is 1. The number of hydrogen-bond acceptors (Lipinski definition) is 4. The Hall–Kier alpha value is -0.900. The van der Waals surface area contributed by atoms with Crippen molar-refractivity contribution in [1.29, 1.82) is 0 Å². The van der Waals surface area contributed by atoms with Gasteiger partial charge in [-0.05, 0) is 37.0 Å². The molecule has 0 aliphatic carbocycles. The van der Waals surface area contributed by atoms with E-state index >= 15 is 0 Å². The fourth-order valence-electron chi connectivity index (χ4n) is 2.92. The largest absolute Gasteiger partial charge is 0.386 e. The second kappa shape index (κ2) is 10.4. The van der Waals surface area contributed by atoms with Crippen LogP contribution in [0.2, 0.25) is 0 Å². The molecule has 5 nitrogen and oxygen atoms in total. The molecule has 3 N–H and O–H groups in total. The van der Waals surface area contributed by atoms with Crippen molar-refractivity contribution in [3.8, 4) is 0 Å². The van der Waals surface area contributed by atoms with Gasteiger partial charge in [0.2, 0.25) is 0 Å². The first-order chi connectivity index (χ1) is 11.8. The quantitative estimate of drug-likeness (QED) is 0.317. The van der Waals surface area contributed by atoms with Crippen molar-refractivity contribution >= 4 is 51.4 Å². The van der Waals surface area contributed by atoms with E-state index < -0.39 is 6.10 Å². The van der Waals surface area contributed by atoms with Gasteiger partial charge in [0.25, 0.3) is 0 Å². The van der Waals surface area contributed by atoms with Gasteiger partial charge >= 0.3 is 0 Å². The lowest BCUT2D eigenvalue weighted by Gasteiger charge is -2.29. The minimum absolute atomic E-state index is 0. The van der Waals surface area contributed by atoms with E-state index in [9.17, 15) is 5.11 Å². The summed E-state index contributed by atoms with van der Waals surface area (Å²) in [6.45, 7) is 6.67. The molecule has 7 heteroatoms. The van der Waals surface area contributed by atoms with Crippen molar-refractivity contribution in [2.24, 2.45) is 10.4 Å². The van der Waals surface area contributed by atoms with Crippen molar-refractivity contribution < 1.29 is 5.11 Å². The number of hydrogen-bond donors (Lipinski definition) is 3. The molecule has 2 rings (SSSR count). The van der Waals surface area contributed by atoms with Crippen LogP contribution in [0.3, 0.4) is 0 Å². The van der Waals surface area contributed by atoms with E-state index in [1.165, 1.54) is 10.1 Å². The number of thiophene rings is 1. The van der Waals surface area contributed by atoms with Crippen LogP contribution in [-0.2, 0) is 0 Å². The summed E-state index contributed by atoms with van der Waals surface area (Å²) in [7, 11) is 5.91. The molecular formula is C19H31IN4OS. The summed E-state index contributed by atoms with van der Waals surface area (Å²) in [6.07, 6.45) is -0.550. The fraction of sp³-hybridized carbons (Fsp3) is 0.526. The molecule has 0 aliphatic rings. The van der Waals surface area contributed by atoms with Crippen molar-refractivity contribution in [3.63, 3.8) is 0 Å². The summed E-state index contributed by atoms with van der Waals surface area (Å²) >= 11 is 1.63. The van der Waals surface area contributed by atoms with Crippen LogP contribution in [0.15, 0.2) is 35.3 Å². The first-order valence-electron chi connectivity index (χ1n) is 8.56. The predicted octanol–water partition coefficient (Wildman–Crippen LogP) is 3.31. The number of benzene rings is 1. The van der Waals surface area contributed by atoms with E-state index in [0.717, 1.165) is 18.0 Å².